The molecule has 17 heavy (non-hydrogen) atoms. The maximum absolute atomic E-state index is 3.64. The van der Waals surface area contributed by atoms with Crippen LogP contribution in [0.1, 0.15) is 38.2 Å². The molecule has 1 aromatic rings. The lowest BCUT2D eigenvalue weighted by Gasteiger charge is -2.18. The van der Waals surface area contributed by atoms with Gasteiger partial charge in [0.15, 0.2) is 0 Å². The molecule has 0 bridgehead atoms. The van der Waals surface area contributed by atoms with E-state index < -0.39 is 0 Å². The van der Waals surface area contributed by atoms with Crippen LogP contribution in [0.3, 0.4) is 0 Å². The van der Waals surface area contributed by atoms with Gasteiger partial charge in [-0.05, 0) is 43.4 Å². The Morgan fingerprint density at radius 3 is 2.76 bits per heavy atom. The van der Waals surface area contributed by atoms with E-state index in [2.05, 4.69) is 52.4 Å². The molecule has 1 nitrogen and oxygen atoms in total. The molecule has 1 aliphatic carbocycles. The van der Waals surface area contributed by atoms with Gasteiger partial charge in [0.1, 0.15) is 0 Å². The summed E-state index contributed by atoms with van der Waals surface area (Å²) >= 11 is 3.64. The van der Waals surface area contributed by atoms with Gasteiger partial charge in [0.25, 0.3) is 0 Å². The van der Waals surface area contributed by atoms with Crippen molar-refractivity contribution < 1.29 is 0 Å². The van der Waals surface area contributed by atoms with Crippen LogP contribution in [0.15, 0.2) is 28.7 Å². The fourth-order valence-corrected chi connectivity index (χ4v) is 2.78. The SMILES string of the molecule is CCNC(CCC1CC1)Cc1ccccc1Br. The largest absolute Gasteiger partial charge is 0.314 e. The van der Waals surface area contributed by atoms with Gasteiger partial charge in [-0.2, -0.15) is 0 Å². The molecule has 0 spiro atoms. The summed E-state index contributed by atoms with van der Waals surface area (Å²) in [7, 11) is 0. The fraction of sp³-hybridized carbons (Fsp3) is 0.600. The third-order valence-electron chi connectivity index (χ3n) is 3.54. The van der Waals surface area contributed by atoms with Gasteiger partial charge in [0, 0.05) is 10.5 Å². The molecule has 0 aromatic heterocycles. The zero-order chi connectivity index (χ0) is 12.1. The highest BCUT2D eigenvalue weighted by Gasteiger charge is 2.22. The number of rotatable bonds is 7. The first kappa shape index (κ1) is 13.1. The molecule has 0 amide bonds. The summed E-state index contributed by atoms with van der Waals surface area (Å²) in [5.41, 5.74) is 1.43. The van der Waals surface area contributed by atoms with Crippen molar-refractivity contribution >= 4 is 15.9 Å². The molecule has 1 unspecified atom stereocenters. The smallest absolute Gasteiger partial charge is 0.0207 e. The van der Waals surface area contributed by atoms with Crippen LogP contribution < -0.4 is 5.32 Å². The second-order valence-corrected chi connectivity index (χ2v) is 5.93. The Labute approximate surface area is 113 Å². The molecule has 2 heteroatoms. The zero-order valence-corrected chi connectivity index (χ0v) is 12.2. The lowest BCUT2D eigenvalue weighted by molar-refractivity contribution is 0.462. The van der Waals surface area contributed by atoms with E-state index in [9.17, 15) is 0 Å². The molecule has 2 rings (SSSR count). The Morgan fingerprint density at radius 1 is 1.35 bits per heavy atom. The Bertz CT molecular complexity index is 347. The molecule has 1 aromatic carbocycles. The lowest BCUT2D eigenvalue weighted by Crippen LogP contribution is -2.31. The van der Waals surface area contributed by atoms with Crippen LogP contribution in [-0.2, 0) is 6.42 Å². The predicted molar refractivity (Wildman–Crippen MR) is 77.3 cm³/mol. The van der Waals surface area contributed by atoms with Crippen molar-refractivity contribution in [2.45, 2.75) is 45.1 Å². The number of benzene rings is 1. The van der Waals surface area contributed by atoms with Gasteiger partial charge in [-0.3, -0.25) is 0 Å². The van der Waals surface area contributed by atoms with Crippen molar-refractivity contribution in [3.63, 3.8) is 0 Å². The van der Waals surface area contributed by atoms with Crippen LogP contribution in [0.4, 0.5) is 0 Å². The van der Waals surface area contributed by atoms with Crippen molar-refractivity contribution in [2.24, 2.45) is 5.92 Å². The summed E-state index contributed by atoms with van der Waals surface area (Å²) in [5, 5.41) is 3.62. The van der Waals surface area contributed by atoms with E-state index in [4.69, 9.17) is 0 Å². The highest BCUT2D eigenvalue weighted by atomic mass is 79.9. The van der Waals surface area contributed by atoms with Gasteiger partial charge < -0.3 is 5.32 Å². The van der Waals surface area contributed by atoms with Gasteiger partial charge in [0.2, 0.25) is 0 Å². The van der Waals surface area contributed by atoms with E-state index >= 15 is 0 Å². The van der Waals surface area contributed by atoms with Crippen molar-refractivity contribution in [3.05, 3.63) is 34.3 Å². The summed E-state index contributed by atoms with van der Waals surface area (Å²) in [5.74, 6) is 1.04. The molecule has 0 radical (unpaired) electrons. The first-order chi connectivity index (χ1) is 8.29. The van der Waals surface area contributed by atoms with E-state index in [1.807, 2.05) is 0 Å². The van der Waals surface area contributed by atoms with Gasteiger partial charge in [0.05, 0.1) is 0 Å². The quantitative estimate of drug-likeness (QED) is 0.796. The van der Waals surface area contributed by atoms with Crippen LogP contribution in [0.25, 0.3) is 0 Å². The third-order valence-corrected chi connectivity index (χ3v) is 4.31. The second-order valence-electron chi connectivity index (χ2n) is 5.07. The standard InChI is InChI=1S/C15H22BrN/c1-2-17-14(10-9-12-7-8-12)11-13-5-3-4-6-15(13)16/h3-6,12,14,17H,2,7-11H2,1H3. The van der Waals surface area contributed by atoms with Crippen molar-refractivity contribution in [1.82, 2.24) is 5.32 Å². The highest BCUT2D eigenvalue weighted by molar-refractivity contribution is 9.10. The Hall–Kier alpha value is -0.340. The number of halogens is 1. The van der Waals surface area contributed by atoms with E-state index in [0.29, 0.717) is 6.04 Å². The molecule has 1 atom stereocenters. The highest BCUT2D eigenvalue weighted by Crippen LogP contribution is 2.34. The fourth-order valence-electron chi connectivity index (χ4n) is 2.34. The molecule has 94 valence electrons. The second kappa shape index (κ2) is 6.55. The summed E-state index contributed by atoms with van der Waals surface area (Å²) in [6, 6.07) is 9.22. The van der Waals surface area contributed by atoms with Crippen LogP contribution >= 0.6 is 15.9 Å². The van der Waals surface area contributed by atoms with Crippen LogP contribution in [0.5, 0.6) is 0 Å². The number of hydrogen-bond donors (Lipinski definition) is 1. The molecular weight excluding hydrogens is 274 g/mol. The lowest BCUT2D eigenvalue weighted by atomic mass is 10.0. The Kier molecular flexibility index (Phi) is 5.05. The van der Waals surface area contributed by atoms with E-state index in [1.54, 1.807) is 0 Å². The predicted octanol–water partition coefficient (Wildman–Crippen LogP) is 4.16. The Morgan fingerprint density at radius 2 is 2.12 bits per heavy atom. The zero-order valence-electron chi connectivity index (χ0n) is 10.6. The minimum atomic E-state index is 0.638. The summed E-state index contributed by atoms with van der Waals surface area (Å²) in [4.78, 5) is 0. The summed E-state index contributed by atoms with van der Waals surface area (Å²) in [6.07, 6.45) is 6.80. The summed E-state index contributed by atoms with van der Waals surface area (Å²) in [6.45, 7) is 3.27. The first-order valence-corrected chi connectivity index (χ1v) is 7.55. The van der Waals surface area contributed by atoms with Crippen molar-refractivity contribution in [3.8, 4) is 0 Å². The van der Waals surface area contributed by atoms with Gasteiger partial charge in [-0.1, -0.05) is 53.9 Å². The monoisotopic (exact) mass is 295 g/mol. The first-order valence-electron chi connectivity index (χ1n) is 6.76. The molecule has 1 saturated carbocycles. The van der Waals surface area contributed by atoms with E-state index in [1.165, 1.54) is 35.7 Å². The van der Waals surface area contributed by atoms with Crippen LogP contribution in [0, 0.1) is 5.92 Å². The molecule has 1 aliphatic rings. The molecule has 0 saturated heterocycles. The van der Waals surface area contributed by atoms with Crippen LogP contribution in [-0.4, -0.2) is 12.6 Å². The minimum absolute atomic E-state index is 0.638. The maximum atomic E-state index is 3.64. The molecular formula is C15H22BrN. The number of likely N-dealkylation sites (N-methyl/N-ethyl adjacent to an activating group) is 1. The minimum Gasteiger partial charge on any atom is -0.314 e. The van der Waals surface area contributed by atoms with Crippen molar-refractivity contribution in [1.29, 1.82) is 0 Å². The molecule has 1 fully saturated rings. The number of nitrogens with one attached hydrogen (secondary N) is 1. The third kappa shape index (κ3) is 4.44. The van der Waals surface area contributed by atoms with Crippen molar-refractivity contribution in [2.75, 3.05) is 6.54 Å². The Balaban J connectivity index is 1.88. The molecule has 0 aliphatic heterocycles. The normalized spacial score (nSPS) is 17.1. The number of hydrogen-bond acceptors (Lipinski definition) is 1. The summed E-state index contributed by atoms with van der Waals surface area (Å²) < 4.78 is 1.24. The molecule has 1 N–H and O–H groups in total. The van der Waals surface area contributed by atoms with Gasteiger partial charge >= 0.3 is 0 Å². The average Bonchev–Trinajstić information content (AvgIpc) is 3.13. The van der Waals surface area contributed by atoms with E-state index in [-0.39, 0.29) is 0 Å². The van der Waals surface area contributed by atoms with E-state index in [0.717, 1.165) is 18.9 Å². The molecule has 0 heterocycles. The van der Waals surface area contributed by atoms with Gasteiger partial charge in [-0.25, -0.2) is 0 Å². The van der Waals surface area contributed by atoms with Crippen LogP contribution in [0.2, 0.25) is 0 Å². The average molecular weight is 296 g/mol. The maximum Gasteiger partial charge on any atom is 0.0207 e. The topological polar surface area (TPSA) is 12.0 Å². The van der Waals surface area contributed by atoms with Gasteiger partial charge in [-0.15, -0.1) is 0 Å².